The number of aryl methyl sites for hydroxylation is 2. The lowest BCUT2D eigenvalue weighted by Gasteiger charge is -2.43. The maximum absolute atomic E-state index is 12.4. The minimum absolute atomic E-state index is 0.0391. The van der Waals surface area contributed by atoms with Crippen LogP contribution >= 0.6 is 0 Å². The number of aliphatic hydroxyl groups excluding tert-OH is 1. The minimum Gasteiger partial charge on any atom is -0.388 e. The molecule has 0 radical (unpaired) electrons. The van der Waals surface area contributed by atoms with Crippen LogP contribution < -0.4 is 5.32 Å². The Bertz CT molecular complexity index is 826. The Balaban J connectivity index is 1.30. The zero-order valence-electron chi connectivity index (χ0n) is 14.9. The Labute approximate surface area is 152 Å². The molecule has 26 heavy (non-hydrogen) atoms. The van der Waals surface area contributed by atoms with Gasteiger partial charge in [-0.1, -0.05) is 18.2 Å². The van der Waals surface area contributed by atoms with Crippen molar-refractivity contribution in [1.29, 1.82) is 0 Å². The smallest absolute Gasteiger partial charge is 0.251 e. The predicted molar refractivity (Wildman–Crippen MR) is 94.6 cm³/mol. The molecule has 1 atom stereocenters. The van der Waals surface area contributed by atoms with E-state index in [0.29, 0.717) is 37.1 Å². The summed E-state index contributed by atoms with van der Waals surface area (Å²) in [5.41, 5.74) is 2.90. The van der Waals surface area contributed by atoms with Crippen molar-refractivity contribution >= 4 is 5.91 Å². The molecule has 7 heteroatoms. The second kappa shape index (κ2) is 6.48. The van der Waals surface area contributed by atoms with Gasteiger partial charge in [0.05, 0.1) is 24.4 Å². The molecule has 0 aliphatic heterocycles. The van der Waals surface area contributed by atoms with Crippen LogP contribution in [0.1, 0.15) is 59.5 Å². The molecule has 1 saturated carbocycles. The standard InChI is InChI=1S/C19H24N4O3/c1-2-17(24)16-10-23(22-21-16)11-19(26)8-15(9-19)20-18(25)14-6-4-12-3-5-13(12)7-14/h4,6-7,10,15,17,24,26H,2-3,5,8-9,11H2,1H3,(H,20,25). The van der Waals surface area contributed by atoms with E-state index in [1.165, 1.54) is 11.1 Å². The fourth-order valence-corrected chi connectivity index (χ4v) is 3.75. The summed E-state index contributed by atoms with van der Waals surface area (Å²) >= 11 is 0. The number of carbonyl (C=O) groups is 1. The molecule has 0 saturated heterocycles. The maximum atomic E-state index is 12.4. The largest absolute Gasteiger partial charge is 0.388 e. The molecule has 1 unspecified atom stereocenters. The van der Waals surface area contributed by atoms with Gasteiger partial charge in [-0.3, -0.25) is 4.79 Å². The highest BCUT2D eigenvalue weighted by Gasteiger charge is 2.44. The van der Waals surface area contributed by atoms with Crippen molar-refractivity contribution in [2.45, 2.75) is 63.3 Å². The number of hydrogen-bond donors (Lipinski definition) is 3. The molecule has 4 rings (SSSR count). The lowest BCUT2D eigenvalue weighted by molar-refractivity contribution is -0.0688. The van der Waals surface area contributed by atoms with E-state index in [1.54, 1.807) is 10.9 Å². The van der Waals surface area contributed by atoms with Gasteiger partial charge in [-0.05, 0) is 55.4 Å². The Morgan fingerprint density at radius 2 is 2.15 bits per heavy atom. The van der Waals surface area contributed by atoms with E-state index in [9.17, 15) is 15.0 Å². The number of amides is 1. The van der Waals surface area contributed by atoms with Gasteiger partial charge in [0.25, 0.3) is 5.91 Å². The summed E-state index contributed by atoms with van der Waals surface area (Å²) in [6.07, 6.45) is 4.72. The number of nitrogens with zero attached hydrogens (tertiary/aromatic N) is 3. The van der Waals surface area contributed by atoms with Gasteiger partial charge in [0.1, 0.15) is 5.69 Å². The Morgan fingerprint density at radius 1 is 1.38 bits per heavy atom. The molecule has 138 valence electrons. The molecule has 1 heterocycles. The Morgan fingerprint density at radius 3 is 2.81 bits per heavy atom. The van der Waals surface area contributed by atoms with Gasteiger partial charge in [0.15, 0.2) is 0 Å². The van der Waals surface area contributed by atoms with Crippen molar-refractivity contribution < 1.29 is 15.0 Å². The van der Waals surface area contributed by atoms with Gasteiger partial charge in [0.2, 0.25) is 0 Å². The first-order valence-electron chi connectivity index (χ1n) is 9.19. The number of rotatable bonds is 6. The van der Waals surface area contributed by atoms with Crippen LogP contribution in [-0.2, 0) is 19.4 Å². The van der Waals surface area contributed by atoms with Gasteiger partial charge < -0.3 is 15.5 Å². The molecule has 1 amide bonds. The van der Waals surface area contributed by atoms with Crippen LogP contribution in [0.4, 0.5) is 0 Å². The summed E-state index contributed by atoms with van der Waals surface area (Å²) in [6, 6.07) is 5.82. The van der Waals surface area contributed by atoms with E-state index < -0.39 is 11.7 Å². The molecule has 1 aromatic heterocycles. The van der Waals surface area contributed by atoms with Crippen molar-refractivity contribution in [2.75, 3.05) is 0 Å². The number of aromatic nitrogens is 3. The molecule has 1 aromatic carbocycles. The van der Waals surface area contributed by atoms with Crippen LogP contribution in [0, 0.1) is 0 Å². The zero-order valence-corrected chi connectivity index (χ0v) is 14.9. The third-order valence-electron chi connectivity index (χ3n) is 5.46. The van der Waals surface area contributed by atoms with E-state index in [0.717, 1.165) is 12.8 Å². The predicted octanol–water partition coefficient (Wildman–Crippen LogP) is 1.14. The van der Waals surface area contributed by atoms with E-state index in [1.807, 2.05) is 25.1 Å². The fourth-order valence-electron chi connectivity index (χ4n) is 3.75. The molecule has 0 spiro atoms. The third-order valence-corrected chi connectivity index (χ3v) is 5.46. The van der Waals surface area contributed by atoms with Crippen molar-refractivity contribution in [3.8, 4) is 0 Å². The van der Waals surface area contributed by atoms with E-state index in [-0.39, 0.29) is 11.9 Å². The number of benzene rings is 1. The molecule has 3 N–H and O–H groups in total. The normalized spacial score (nSPS) is 25.0. The van der Waals surface area contributed by atoms with Crippen LogP contribution in [0.3, 0.4) is 0 Å². The van der Waals surface area contributed by atoms with Gasteiger partial charge in [-0.15, -0.1) is 5.10 Å². The average Bonchev–Trinajstić information content (AvgIpc) is 3.02. The average molecular weight is 356 g/mol. The lowest BCUT2D eigenvalue weighted by Crippen LogP contribution is -2.57. The number of aliphatic hydroxyl groups is 2. The molecule has 0 bridgehead atoms. The van der Waals surface area contributed by atoms with Gasteiger partial charge in [0, 0.05) is 11.6 Å². The monoisotopic (exact) mass is 356 g/mol. The van der Waals surface area contributed by atoms with Crippen LogP contribution in [0.15, 0.2) is 24.4 Å². The van der Waals surface area contributed by atoms with Gasteiger partial charge >= 0.3 is 0 Å². The second-order valence-electron chi connectivity index (χ2n) is 7.55. The zero-order chi connectivity index (χ0) is 18.3. The third kappa shape index (κ3) is 3.24. The summed E-state index contributed by atoms with van der Waals surface area (Å²) in [4.78, 5) is 12.4. The topological polar surface area (TPSA) is 100 Å². The van der Waals surface area contributed by atoms with Crippen molar-refractivity contribution in [3.05, 3.63) is 46.8 Å². The first-order valence-corrected chi connectivity index (χ1v) is 9.19. The Kier molecular flexibility index (Phi) is 4.28. The summed E-state index contributed by atoms with van der Waals surface area (Å²) in [6.45, 7) is 2.18. The summed E-state index contributed by atoms with van der Waals surface area (Å²) < 4.78 is 1.56. The fraction of sp³-hybridized carbons (Fsp3) is 0.526. The maximum Gasteiger partial charge on any atom is 0.251 e. The van der Waals surface area contributed by atoms with Crippen molar-refractivity contribution in [2.24, 2.45) is 0 Å². The molecule has 2 aromatic rings. The lowest BCUT2D eigenvalue weighted by atomic mass is 9.75. The highest BCUT2D eigenvalue weighted by Crippen LogP contribution is 2.34. The highest BCUT2D eigenvalue weighted by molar-refractivity contribution is 5.94. The van der Waals surface area contributed by atoms with Gasteiger partial charge in [-0.2, -0.15) is 0 Å². The number of carbonyl (C=O) groups excluding carboxylic acids is 1. The van der Waals surface area contributed by atoms with E-state index in [4.69, 9.17) is 0 Å². The molecule has 7 nitrogen and oxygen atoms in total. The van der Waals surface area contributed by atoms with Gasteiger partial charge in [-0.25, -0.2) is 4.68 Å². The first-order chi connectivity index (χ1) is 12.5. The van der Waals surface area contributed by atoms with Crippen LogP contribution in [0.2, 0.25) is 0 Å². The molecular formula is C19H24N4O3. The van der Waals surface area contributed by atoms with E-state index >= 15 is 0 Å². The summed E-state index contributed by atoms with van der Waals surface area (Å²) in [7, 11) is 0. The summed E-state index contributed by atoms with van der Waals surface area (Å²) in [5.74, 6) is -0.0825. The highest BCUT2D eigenvalue weighted by atomic mass is 16.3. The van der Waals surface area contributed by atoms with E-state index in [2.05, 4.69) is 15.6 Å². The van der Waals surface area contributed by atoms with Crippen LogP contribution in [0.5, 0.6) is 0 Å². The van der Waals surface area contributed by atoms with Crippen LogP contribution in [-0.4, -0.2) is 42.8 Å². The summed E-state index contributed by atoms with van der Waals surface area (Å²) in [5, 5.41) is 31.3. The Hall–Kier alpha value is -2.25. The molecule has 1 fully saturated rings. The molecule has 2 aliphatic rings. The second-order valence-corrected chi connectivity index (χ2v) is 7.55. The van der Waals surface area contributed by atoms with Crippen molar-refractivity contribution in [1.82, 2.24) is 20.3 Å². The molecular weight excluding hydrogens is 332 g/mol. The first kappa shape index (κ1) is 17.2. The SMILES string of the molecule is CCC(O)c1cn(CC2(O)CC(NC(=O)c3ccc4c(c3)CC4)C2)nn1. The molecule has 2 aliphatic carbocycles. The number of nitrogens with one attached hydrogen (secondary N) is 1. The number of fused-ring (bicyclic) bond motifs is 1. The quantitative estimate of drug-likeness (QED) is 0.721. The minimum atomic E-state index is -0.902. The van der Waals surface area contributed by atoms with Crippen LogP contribution in [0.25, 0.3) is 0 Å². The van der Waals surface area contributed by atoms with Crippen molar-refractivity contribution in [3.63, 3.8) is 0 Å². The number of hydrogen-bond acceptors (Lipinski definition) is 5.